The highest BCUT2D eigenvalue weighted by Gasteiger charge is 2.28. The van der Waals surface area contributed by atoms with Crippen molar-refractivity contribution in [3.63, 3.8) is 0 Å². The number of rotatable bonds is 3. The topological polar surface area (TPSA) is 18.8 Å². The third kappa shape index (κ3) is 2.52. The molecule has 3 nitrogen and oxygen atoms in total. The molecular weight excluding hydrogens is 294 g/mol. The molecule has 3 heteroatoms. The lowest BCUT2D eigenvalue weighted by Crippen LogP contribution is -2.37. The van der Waals surface area contributed by atoms with Crippen molar-refractivity contribution in [3.05, 3.63) is 89.4 Å². The van der Waals surface area contributed by atoms with Crippen LogP contribution in [0.3, 0.4) is 0 Å². The van der Waals surface area contributed by atoms with Gasteiger partial charge in [0.05, 0.1) is 17.9 Å². The number of hydrogen-bond acceptors (Lipinski definition) is 3. The van der Waals surface area contributed by atoms with Gasteiger partial charge in [-0.25, -0.2) is 10.0 Å². The Bertz CT molecular complexity index is 829. The predicted molar refractivity (Wildman–Crippen MR) is 99.8 cm³/mol. The van der Waals surface area contributed by atoms with Crippen molar-refractivity contribution in [1.82, 2.24) is 5.01 Å². The average Bonchev–Trinajstić information content (AvgIpc) is 3.07. The van der Waals surface area contributed by atoms with Crippen LogP contribution in [-0.4, -0.2) is 17.3 Å². The lowest BCUT2D eigenvalue weighted by atomic mass is 10.1. The highest BCUT2D eigenvalue weighted by Crippen LogP contribution is 2.32. The van der Waals surface area contributed by atoms with E-state index in [4.69, 9.17) is 4.99 Å². The summed E-state index contributed by atoms with van der Waals surface area (Å²) in [5.74, 6) is 1.01. The van der Waals surface area contributed by atoms with Crippen LogP contribution in [-0.2, 0) is 6.42 Å². The van der Waals surface area contributed by atoms with E-state index < -0.39 is 0 Å². The standard InChI is InChI=1S/C21H21N3/c1-3-17-9-11-19(12-10-17)23-14-13-21-22-20(15-16(2)24(21)23)18-7-5-4-6-8-18/h4-13,15H,3,14H2,1-2H3. The van der Waals surface area contributed by atoms with Gasteiger partial charge < -0.3 is 0 Å². The molecule has 24 heavy (non-hydrogen) atoms. The number of anilines is 1. The van der Waals surface area contributed by atoms with Crippen molar-refractivity contribution in [2.75, 3.05) is 11.6 Å². The fourth-order valence-electron chi connectivity index (χ4n) is 3.22. The van der Waals surface area contributed by atoms with Crippen molar-refractivity contribution in [2.45, 2.75) is 20.3 Å². The van der Waals surface area contributed by atoms with Crippen LogP contribution in [0.2, 0.25) is 0 Å². The lowest BCUT2D eigenvalue weighted by Gasteiger charge is -2.35. The fraction of sp³-hybridized carbons (Fsp3) is 0.190. The largest absolute Gasteiger partial charge is 0.276 e. The molecule has 0 atom stereocenters. The van der Waals surface area contributed by atoms with E-state index in [0.717, 1.165) is 30.1 Å². The van der Waals surface area contributed by atoms with Crippen molar-refractivity contribution < 1.29 is 0 Å². The molecule has 0 aromatic heterocycles. The van der Waals surface area contributed by atoms with Gasteiger partial charge in [0, 0.05) is 11.3 Å². The normalized spacial score (nSPS) is 16.5. The molecule has 0 unspecified atom stereocenters. The van der Waals surface area contributed by atoms with Crippen molar-refractivity contribution >= 4 is 11.4 Å². The number of nitrogens with zero attached hydrogens (tertiary/aromatic N) is 3. The van der Waals surface area contributed by atoms with Crippen LogP contribution >= 0.6 is 0 Å². The minimum absolute atomic E-state index is 0.845. The van der Waals surface area contributed by atoms with Crippen LogP contribution < -0.4 is 5.01 Å². The lowest BCUT2D eigenvalue weighted by molar-refractivity contribution is 0.424. The highest BCUT2D eigenvalue weighted by atomic mass is 15.7. The first kappa shape index (κ1) is 14.8. The molecule has 2 aromatic carbocycles. The second kappa shape index (κ2) is 6.00. The summed E-state index contributed by atoms with van der Waals surface area (Å²) in [7, 11) is 0. The van der Waals surface area contributed by atoms with Gasteiger partial charge in [-0.1, -0.05) is 49.4 Å². The van der Waals surface area contributed by atoms with Gasteiger partial charge >= 0.3 is 0 Å². The molecule has 0 amide bonds. The van der Waals surface area contributed by atoms with Crippen LogP contribution in [0.4, 0.5) is 5.69 Å². The Kier molecular flexibility index (Phi) is 3.69. The van der Waals surface area contributed by atoms with Crippen molar-refractivity contribution in [2.24, 2.45) is 4.99 Å². The summed E-state index contributed by atoms with van der Waals surface area (Å²) in [5, 5.41) is 4.47. The van der Waals surface area contributed by atoms with Gasteiger partial charge in [0.2, 0.25) is 0 Å². The second-order valence-corrected chi connectivity index (χ2v) is 6.13. The van der Waals surface area contributed by atoms with Gasteiger partial charge in [-0.3, -0.25) is 5.01 Å². The molecule has 0 aliphatic carbocycles. The zero-order valence-corrected chi connectivity index (χ0v) is 14.1. The van der Waals surface area contributed by atoms with Crippen LogP contribution in [0.15, 0.2) is 83.3 Å². The first-order valence-corrected chi connectivity index (χ1v) is 8.45. The van der Waals surface area contributed by atoms with Crippen LogP contribution in [0.1, 0.15) is 25.0 Å². The summed E-state index contributed by atoms with van der Waals surface area (Å²) < 4.78 is 0. The molecule has 2 aliphatic rings. The zero-order chi connectivity index (χ0) is 16.5. The Morgan fingerprint density at radius 2 is 1.75 bits per heavy atom. The van der Waals surface area contributed by atoms with E-state index in [1.807, 2.05) is 6.07 Å². The Balaban J connectivity index is 1.64. The molecule has 4 rings (SSSR count). The maximum absolute atomic E-state index is 4.86. The predicted octanol–water partition coefficient (Wildman–Crippen LogP) is 4.53. The summed E-state index contributed by atoms with van der Waals surface area (Å²) in [6, 6.07) is 19.1. The molecule has 0 spiro atoms. The van der Waals surface area contributed by atoms with Gasteiger partial charge in [0.1, 0.15) is 5.82 Å². The van der Waals surface area contributed by atoms with Gasteiger partial charge in [0.25, 0.3) is 0 Å². The minimum atomic E-state index is 0.845. The van der Waals surface area contributed by atoms with Gasteiger partial charge in [-0.05, 0) is 43.2 Å². The maximum atomic E-state index is 4.86. The smallest absolute Gasteiger partial charge is 0.150 e. The molecular formula is C21H21N3. The molecule has 0 saturated carbocycles. The molecule has 120 valence electrons. The average molecular weight is 315 g/mol. The summed E-state index contributed by atoms with van der Waals surface area (Å²) >= 11 is 0. The van der Waals surface area contributed by atoms with Gasteiger partial charge in [0.15, 0.2) is 0 Å². The van der Waals surface area contributed by atoms with Crippen LogP contribution in [0, 0.1) is 0 Å². The van der Waals surface area contributed by atoms with Gasteiger partial charge in [-0.15, -0.1) is 0 Å². The molecule has 0 fully saturated rings. The number of allylic oxidation sites excluding steroid dienone is 2. The Morgan fingerprint density at radius 3 is 2.46 bits per heavy atom. The van der Waals surface area contributed by atoms with E-state index in [0.29, 0.717) is 0 Å². The van der Waals surface area contributed by atoms with E-state index in [1.54, 1.807) is 0 Å². The number of benzene rings is 2. The summed E-state index contributed by atoms with van der Waals surface area (Å²) in [6.07, 6.45) is 5.41. The molecule has 2 heterocycles. The minimum Gasteiger partial charge on any atom is -0.276 e. The third-order valence-corrected chi connectivity index (χ3v) is 4.53. The maximum Gasteiger partial charge on any atom is 0.150 e. The molecule has 0 saturated heterocycles. The van der Waals surface area contributed by atoms with E-state index in [9.17, 15) is 0 Å². The SMILES string of the molecule is CCc1ccc(N2CC=C3N=C(c4ccccc4)C=C(C)N32)cc1. The van der Waals surface area contributed by atoms with E-state index in [-0.39, 0.29) is 0 Å². The molecule has 0 N–H and O–H groups in total. The van der Waals surface area contributed by atoms with Gasteiger partial charge in [-0.2, -0.15) is 0 Å². The first-order chi connectivity index (χ1) is 11.8. The quantitative estimate of drug-likeness (QED) is 0.828. The highest BCUT2D eigenvalue weighted by molar-refractivity contribution is 6.10. The Labute approximate surface area is 143 Å². The number of fused-ring (bicyclic) bond motifs is 1. The second-order valence-electron chi connectivity index (χ2n) is 6.13. The Morgan fingerprint density at radius 1 is 1.00 bits per heavy atom. The molecule has 2 aromatic rings. The van der Waals surface area contributed by atoms with Crippen LogP contribution in [0.5, 0.6) is 0 Å². The van der Waals surface area contributed by atoms with Crippen molar-refractivity contribution in [1.29, 1.82) is 0 Å². The number of hydrogen-bond donors (Lipinski definition) is 0. The molecule has 0 bridgehead atoms. The van der Waals surface area contributed by atoms with Crippen molar-refractivity contribution in [3.8, 4) is 0 Å². The number of aliphatic imine (C=N–C) groups is 1. The van der Waals surface area contributed by atoms with Crippen LogP contribution in [0.25, 0.3) is 0 Å². The summed E-state index contributed by atoms with van der Waals surface area (Å²) in [6.45, 7) is 5.17. The van der Waals surface area contributed by atoms with E-state index >= 15 is 0 Å². The molecule has 0 radical (unpaired) electrons. The molecule has 2 aliphatic heterocycles. The van der Waals surface area contributed by atoms with E-state index in [2.05, 4.69) is 84.5 Å². The number of aryl methyl sites for hydroxylation is 1. The Hall–Kier alpha value is -2.81. The first-order valence-electron chi connectivity index (χ1n) is 8.45. The van der Waals surface area contributed by atoms with E-state index in [1.165, 1.54) is 16.9 Å². The third-order valence-electron chi connectivity index (χ3n) is 4.53. The summed E-state index contributed by atoms with van der Waals surface area (Å²) in [5.41, 5.74) is 5.93. The summed E-state index contributed by atoms with van der Waals surface area (Å²) in [4.78, 5) is 4.86. The number of hydrazine groups is 1. The zero-order valence-electron chi connectivity index (χ0n) is 14.1. The fourth-order valence-corrected chi connectivity index (χ4v) is 3.22. The monoisotopic (exact) mass is 315 g/mol.